The van der Waals surface area contributed by atoms with Crippen molar-refractivity contribution in [3.05, 3.63) is 63.5 Å². The van der Waals surface area contributed by atoms with Crippen LogP contribution in [-0.2, 0) is 11.4 Å². The third-order valence-corrected chi connectivity index (χ3v) is 5.74. The third-order valence-electron chi connectivity index (χ3n) is 4.51. The van der Waals surface area contributed by atoms with E-state index in [4.69, 9.17) is 26.8 Å². The Bertz CT molecular complexity index is 1040. The van der Waals surface area contributed by atoms with Gasteiger partial charge in [-0.25, -0.2) is 4.98 Å². The Hall–Kier alpha value is -2.77. The average molecular weight is 416 g/mol. The van der Waals surface area contributed by atoms with Gasteiger partial charge in [-0.3, -0.25) is 4.79 Å². The van der Waals surface area contributed by atoms with Gasteiger partial charge < -0.3 is 20.5 Å². The average Bonchev–Trinajstić information content (AvgIpc) is 3.05. The zero-order valence-corrected chi connectivity index (χ0v) is 16.6. The highest BCUT2D eigenvalue weighted by Gasteiger charge is 2.30. The van der Waals surface area contributed by atoms with Crippen molar-refractivity contribution in [1.29, 1.82) is 0 Å². The summed E-state index contributed by atoms with van der Waals surface area (Å²) in [7, 11) is 1.59. The maximum absolute atomic E-state index is 12.1. The van der Waals surface area contributed by atoms with Crippen molar-refractivity contribution >= 4 is 39.8 Å². The monoisotopic (exact) mass is 415 g/mol. The number of nitrogens with two attached hydrogens (primary N) is 1. The van der Waals surface area contributed by atoms with Crippen molar-refractivity contribution in [3.8, 4) is 11.5 Å². The Morgan fingerprint density at radius 3 is 2.93 bits per heavy atom. The van der Waals surface area contributed by atoms with Crippen LogP contribution in [0.1, 0.15) is 28.3 Å². The lowest BCUT2D eigenvalue weighted by Crippen LogP contribution is -2.22. The van der Waals surface area contributed by atoms with Crippen molar-refractivity contribution in [3.63, 3.8) is 0 Å². The lowest BCUT2D eigenvalue weighted by molar-refractivity contribution is -0.116. The molecule has 3 N–H and O–H groups in total. The van der Waals surface area contributed by atoms with Crippen molar-refractivity contribution in [2.75, 3.05) is 18.2 Å². The summed E-state index contributed by atoms with van der Waals surface area (Å²) in [5.41, 5.74) is 7.74. The highest BCUT2D eigenvalue weighted by molar-refractivity contribution is 7.16. The molecule has 3 aromatic rings. The Balaban J connectivity index is 1.64. The quantitative estimate of drug-likeness (QED) is 0.643. The summed E-state index contributed by atoms with van der Waals surface area (Å²) in [4.78, 5) is 17.3. The molecule has 0 saturated heterocycles. The summed E-state index contributed by atoms with van der Waals surface area (Å²) in [6.45, 7) is 0.351. The van der Waals surface area contributed by atoms with Crippen LogP contribution in [0.5, 0.6) is 11.5 Å². The van der Waals surface area contributed by atoms with Crippen molar-refractivity contribution in [2.45, 2.75) is 18.9 Å². The smallest absolute Gasteiger partial charge is 0.226 e. The molecule has 2 heterocycles. The lowest BCUT2D eigenvalue weighted by atomic mass is 9.91. The van der Waals surface area contributed by atoms with Gasteiger partial charge in [-0.2, -0.15) is 0 Å². The van der Waals surface area contributed by atoms with Crippen LogP contribution >= 0.6 is 22.9 Å². The predicted octanol–water partition coefficient (Wildman–Crippen LogP) is 4.44. The first-order valence-corrected chi connectivity index (χ1v) is 9.84. The first-order chi connectivity index (χ1) is 13.5. The second kappa shape index (κ2) is 7.69. The number of hydrogen-bond acceptors (Lipinski definition) is 6. The van der Waals surface area contributed by atoms with Gasteiger partial charge in [-0.05, 0) is 35.4 Å². The summed E-state index contributed by atoms with van der Waals surface area (Å²) in [6.07, 6.45) is 0.328. The molecule has 1 amide bonds. The molecule has 0 unspecified atom stereocenters. The fourth-order valence-electron chi connectivity index (χ4n) is 3.22. The molecule has 1 aliphatic rings. The molecule has 0 saturated carbocycles. The van der Waals surface area contributed by atoms with Gasteiger partial charge >= 0.3 is 0 Å². The topological polar surface area (TPSA) is 86.5 Å². The largest absolute Gasteiger partial charge is 0.493 e. The van der Waals surface area contributed by atoms with Crippen LogP contribution in [0.25, 0.3) is 0 Å². The number of hydrogen-bond donors (Lipinski definition) is 2. The number of ether oxygens (including phenoxy) is 2. The molecule has 144 valence electrons. The number of halogens is 1. The molecule has 8 heteroatoms. The standard InChI is InChI=1S/C20H18ClN3O3S/c1-26-15-6-5-12(8-16(15)27-10-11-3-2-4-13(21)7-11)14-9-17(25)23-19-18(14)28-20(22)24-19/h2-8,14H,9-10H2,1H3,(H2,22,24)(H,23,25)/t14-/m0/s1. The van der Waals surface area contributed by atoms with E-state index in [0.717, 1.165) is 16.0 Å². The zero-order valence-electron chi connectivity index (χ0n) is 15.1. The molecule has 0 fully saturated rings. The summed E-state index contributed by atoms with van der Waals surface area (Å²) in [6, 6.07) is 13.2. The van der Waals surface area contributed by atoms with Crippen molar-refractivity contribution in [1.82, 2.24) is 4.98 Å². The number of aromatic nitrogens is 1. The minimum Gasteiger partial charge on any atom is -0.493 e. The number of carbonyl (C=O) groups excluding carboxylic acids is 1. The van der Waals surface area contributed by atoms with Gasteiger partial charge in [0.25, 0.3) is 0 Å². The number of carbonyl (C=O) groups is 1. The molecule has 1 atom stereocenters. The number of rotatable bonds is 5. The van der Waals surface area contributed by atoms with Crippen LogP contribution in [0, 0.1) is 0 Å². The second-order valence-electron chi connectivity index (χ2n) is 6.40. The fraction of sp³-hybridized carbons (Fsp3) is 0.200. The van der Waals surface area contributed by atoms with Crippen LogP contribution < -0.4 is 20.5 Å². The van der Waals surface area contributed by atoms with Gasteiger partial charge in [-0.15, -0.1) is 0 Å². The lowest BCUT2D eigenvalue weighted by Gasteiger charge is -2.22. The molecular weight excluding hydrogens is 398 g/mol. The van der Waals surface area contributed by atoms with E-state index in [9.17, 15) is 4.79 Å². The van der Waals surface area contributed by atoms with Gasteiger partial charge in [0, 0.05) is 17.4 Å². The molecule has 0 bridgehead atoms. The molecule has 1 aliphatic heterocycles. The number of thiazole rings is 1. The summed E-state index contributed by atoms with van der Waals surface area (Å²) >= 11 is 7.43. The molecule has 0 radical (unpaired) electrons. The Morgan fingerprint density at radius 1 is 1.29 bits per heavy atom. The Kier molecular flexibility index (Phi) is 5.11. The van der Waals surface area contributed by atoms with Gasteiger partial charge in [0.1, 0.15) is 12.4 Å². The number of nitrogen functional groups attached to an aromatic ring is 1. The number of anilines is 2. The maximum atomic E-state index is 12.1. The normalized spacial score (nSPS) is 15.6. The first kappa shape index (κ1) is 18.6. The van der Waals surface area contributed by atoms with E-state index in [-0.39, 0.29) is 11.8 Å². The predicted molar refractivity (Wildman–Crippen MR) is 110 cm³/mol. The molecule has 0 spiro atoms. The molecule has 0 aliphatic carbocycles. The number of amides is 1. The van der Waals surface area contributed by atoms with E-state index >= 15 is 0 Å². The number of nitrogens with one attached hydrogen (secondary N) is 1. The summed E-state index contributed by atoms with van der Waals surface area (Å²) in [5.74, 6) is 1.55. The Labute approximate surface area is 171 Å². The fourth-order valence-corrected chi connectivity index (χ4v) is 4.35. The van der Waals surface area contributed by atoms with E-state index in [1.807, 2.05) is 42.5 Å². The SMILES string of the molecule is COc1ccc([C@@H]2CC(=O)Nc3nc(N)sc32)cc1OCc1cccc(Cl)c1. The third kappa shape index (κ3) is 3.76. The van der Waals surface area contributed by atoms with Gasteiger partial charge in [0.05, 0.1) is 12.0 Å². The highest BCUT2D eigenvalue weighted by Crippen LogP contribution is 2.43. The van der Waals surface area contributed by atoms with E-state index in [0.29, 0.717) is 40.5 Å². The van der Waals surface area contributed by atoms with Gasteiger partial charge in [0.2, 0.25) is 5.91 Å². The number of benzene rings is 2. The highest BCUT2D eigenvalue weighted by atomic mass is 35.5. The minimum atomic E-state index is -0.127. The molecule has 2 aromatic carbocycles. The number of fused-ring (bicyclic) bond motifs is 1. The summed E-state index contributed by atoms with van der Waals surface area (Å²) in [5, 5.41) is 3.87. The number of methoxy groups -OCH3 is 1. The first-order valence-electron chi connectivity index (χ1n) is 8.64. The van der Waals surface area contributed by atoms with Crippen LogP contribution in [0.2, 0.25) is 5.02 Å². The number of nitrogens with zero attached hydrogens (tertiary/aromatic N) is 1. The van der Waals surface area contributed by atoms with E-state index in [1.54, 1.807) is 7.11 Å². The van der Waals surface area contributed by atoms with E-state index in [2.05, 4.69) is 10.3 Å². The minimum absolute atomic E-state index is 0.0833. The molecular formula is C20H18ClN3O3S. The van der Waals surface area contributed by atoms with Crippen LogP contribution in [0.4, 0.5) is 10.9 Å². The van der Waals surface area contributed by atoms with Gasteiger partial charge in [0.15, 0.2) is 16.6 Å². The Morgan fingerprint density at radius 2 is 2.14 bits per heavy atom. The zero-order chi connectivity index (χ0) is 19.7. The van der Waals surface area contributed by atoms with Crippen LogP contribution in [-0.4, -0.2) is 18.0 Å². The second-order valence-corrected chi connectivity index (χ2v) is 7.90. The maximum Gasteiger partial charge on any atom is 0.226 e. The van der Waals surface area contributed by atoms with Crippen molar-refractivity contribution < 1.29 is 14.3 Å². The van der Waals surface area contributed by atoms with E-state index < -0.39 is 0 Å². The van der Waals surface area contributed by atoms with Crippen molar-refractivity contribution in [2.24, 2.45) is 0 Å². The molecule has 6 nitrogen and oxygen atoms in total. The summed E-state index contributed by atoms with van der Waals surface area (Å²) < 4.78 is 11.4. The van der Waals surface area contributed by atoms with Crippen LogP contribution in [0.15, 0.2) is 42.5 Å². The molecule has 1 aromatic heterocycles. The van der Waals surface area contributed by atoms with Crippen LogP contribution in [0.3, 0.4) is 0 Å². The van der Waals surface area contributed by atoms with E-state index in [1.165, 1.54) is 11.3 Å². The molecule has 28 heavy (non-hydrogen) atoms. The van der Waals surface area contributed by atoms with Gasteiger partial charge in [-0.1, -0.05) is 41.1 Å². The molecule has 4 rings (SSSR count).